The molecule has 1 aliphatic rings. The number of ether oxygens (including phenoxy) is 1. The summed E-state index contributed by atoms with van der Waals surface area (Å²) in [5.41, 5.74) is -1.53. The molecule has 184 valence electrons. The monoisotopic (exact) mass is 494 g/mol. The summed E-state index contributed by atoms with van der Waals surface area (Å²) in [7, 11) is 0. The number of hydrogen-bond donors (Lipinski definition) is 1. The largest absolute Gasteiger partial charge is 0.573 e. The van der Waals surface area contributed by atoms with Gasteiger partial charge in [0, 0.05) is 36.4 Å². The first-order valence-corrected chi connectivity index (χ1v) is 10.6. The number of Topliss-reactive ketones (excluding diaryl/α,β-unsaturated/α-hetero) is 1. The Morgan fingerprint density at radius 2 is 1.89 bits per heavy atom. The quantitative estimate of drug-likeness (QED) is 0.372. The third-order valence-corrected chi connectivity index (χ3v) is 5.69. The van der Waals surface area contributed by atoms with Crippen LogP contribution in [0.15, 0.2) is 59.7 Å². The number of hydrogen-bond acceptors (Lipinski definition) is 5. The smallest absolute Gasteiger partial charge is 0.403 e. The highest BCUT2D eigenvalue weighted by molar-refractivity contribution is 5.96. The molecule has 1 saturated carbocycles. The van der Waals surface area contributed by atoms with E-state index in [0.29, 0.717) is 12.8 Å². The second-order valence-corrected chi connectivity index (χ2v) is 8.40. The van der Waals surface area contributed by atoms with Gasteiger partial charge in [-0.25, -0.2) is 8.78 Å². The molecule has 0 amide bonds. The van der Waals surface area contributed by atoms with Gasteiger partial charge in [-0.1, -0.05) is 6.07 Å². The van der Waals surface area contributed by atoms with Crippen molar-refractivity contribution in [1.82, 2.24) is 9.55 Å². The van der Waals surface area contributed by atoms with E-state index in [0.717, 1.165) is 30.3 Å². The van der Waals surface area contributed by atoms with Crippen LogP contribution < -0.4 is 10.3 Å². The first-order chi connectivity index (χ1) is 16.4. The molecule has 2 heterocycles. The Kier molecular flexibility index (Phi) is 6.46. The van der Waals surface area contributed by atoms with Crippen molar-refractivity contribution in [3.05, 3.63) is 93.7 Å². The molecule has 1 aromatic carbocycles. The van der Waals surface area contributed by atoms with Crippen LogP contribution in [-0.2, 0) is 6.54 Å². The summed E-state index contributed by atoms with van der Waals surface area (Å²) >= 11 is 0. The normalized spacial score (nSPS) is 15.5. The van der Waals surface area contributed by atoms with E-state index in [1.165, 1.54) is 29.1 Å². The van der Waals surface area contributed by atoms with Gasteiger partial charge in [0.2, 0.25) is 0 Å². The van der Waals surface area contributed by atoms with Crippen LogP contribution in [0.5, 0.6) is 5.75 Å². The van der Waals surface area contributed by atoms with Crippen molar-refractivity contribution in [2.24, 2.45) is 0 Å². The van der Waals surface area contributed by atoms with E-state index in [1.807, 2.05) is 0 Å². The Hall–Kier alpha value is -3.60. The number of carbonyl (C=O) groups is 1. The zero-order valence-electron chi connectivity index (χ0n) is 18.1. The van der Waals surface area contributed by atoms with E-state index in [1.54, 1.807) is 0 Å². The number of aliphatic hydroxyl groups is 1. The number of ketones is 1. The van der Waals surface area contributed by atoms with Gasteiger partial charge < -0.3 is 14.4 Å². The summed E-state index contributed by atoms with van der Waals surface area (Å²) in [6.07, 6.45) is -1.93. The Labute approximate surface area is 195 Å². The predicted octanol–water partition coefficient (Wildman–Crippen LogP) is 4.35. The summed E-state index contributed by atoms with van der Waals surface area (Å²) in [6, 6.07) is 7.43. The van der Waals surface area contributed by atoms with Gasteiger partial charge in [0.15, 0.2) is 17.3 Å². The lowest BCUT2D eigenvalue weighted by Gasteiger charge is -2.19. The van der Waals surface area contributed by atoms with Crippen molar-refractivity contribution in [2.45, 2.75) is 43.7 Å². The SMILES string of the molecule is O=C(C[C@@H](c1ccc(OC(F)(F)F)c(F)c1)c1ncccc1F)c1ccc(=O)n(CC2(O)CC2)c1. The number of benzene rings is 1. The van der Waals surface area contributed by atoms with Crippen LogP contribution in [0, 0.1) is 11.6 Å². The molecule has 0 unspecified atom stereocenters. The predicted molar refractivity (Wildman–Crippen MR) is 113 cm³/mol. The number of aromatic nitrogens is 2. The second kappa shape index (κ2) is 9.21. The van der Waals surface area contributed by atoms with Crippen LogP contribution >= 0.6 is 0 Å². The van der Waals surface area contributed by atoms with Gasteiger partial charge in [0.1, 0.15) is 5.82 Å². The first-order valence-electron chi connectivity index (χ1n) is 10.6. The number of rotatable bonds is 8. The Morgan fingerprint density at radius 1 is 1.14 bits per heavy atom. The zero-order valence-corrected chi connectivity index (χ0v) is 18.1. The van der Waals surface area contributed by atoms with Gasteiger partial charge in [-0.3, -0.25) is 14.6 Å². The van der Waals surface area contributed by atoms with Gasteiger partial charge in [-0.05, 0) is 48.7 Å². The highest BCUT2D eigenvalue weighted by Gasteiger charge is 2.41. The zero-order chi connectivity index (χ0) is 25.4. The van der Waals surface area contributed by atoms with Gasteiger partial charge in [0.25, 0.3) is 5.56 Å². The number of carbonyl (C=O) groups excluding carboxylic acids is 1. The summed E-state index contributed by atoms with van der Waals surface area (Å²) in [5.74, 6) is -4.90. The van der Waals surface area contributed by atoms with Gasteiger partial charge >= 0.3 is 6.36 Å². The Bertz CT molecular complexity index is 1320. The molecule has 0 saturated heterocycles. The van der Waals surface area contributed by atoms with Crippen LogP contribution in [0.1, 0.15) is 46.8 Å². The molecule has 4 rings (SSSR count). The van der Waals surface area contributed by atoms with E-state index in [9.17, 15) is 36.6 Å². The summed E-state index contributed by atoms with van der Waals surface area (Å²) in [5, 5.41) is 10.1. The molecule has 11 heteroatoms. The molecule has 1 fully saturated rings. The van der Waals surface area contributed by atoms with Gasteiger partial charge in [0.05, 0.1) is 17.8 Å². The van der Waals surface area contributed by atoms with Crippen LogP contribution in [0.2, 0.25) is 0 Å². The first kappa shape index (κ1) is 24.5. The van der Waals surface area contributed by atoms with Gasteiger partial charge in [-0.15, -0.1) is 13.2 Å². The third-order valence-electron chi connectivity index (χ3n) is 5.69. The average Bonchev–Trinajstić information content (AvgIpc) is 3.51. The van der Waals surface area contributed by atoms with Crippen LogP contribution in [-0.4, -0.2) is 32.4 Å². The molecule has 1 aliphatic carbocycles. The molecule has 0 radical (unpaired) electrons. The van der Waals surface area contributed by atoms with Crippen molar-refractivity contribution in [1.29, 1.82) is 0 Å². The summed E-state index contributed by atoms with van der Waals surface area (Å²) in [4.78, 5) is 29.2. The highest BCUT2D eigenvalue weighted by Crippen LogP contribution is 2.36. The van der Waals surface area contributed by atoms with Crippen molar-refractivity contribution in [3.63, 3.8) is 0 Å². The molecular weight excluding hydrogens is 475 g/mol. The molecule has 35 heavy (non-hydrogen) atoms. The molecule has 6 nitrogen and oxygen atoms in total. The minimum Gasteiger partial charge on any atom is -0.403 e. The lowest BCUT2D eigenvalue weighted by molar-refractivity contribution is -0.275. The van der Waals surface area contributed by atoms with Crippen molar-refractivity contribution < 1.29 is 36.6 Å². The van der Waals surface area contributed by atoms with Crippen molar-refractivity contribution >= 4 is 5.78 Å². The third kappa shape index (κ3) is 5.91. The summed E-state index contributed by atoms with van der Waals surface area (Å²) < 4.78 is 71.3. The van der Waals surface area contributed by atoms with Gasteiger partial charge in [-0.2, -0.15) is 0 Å². The number of alkyl halides is 3. The van der Waals surface area contributed by atoms with E-state index in [-0.39, 0.29) is 23.4 Å². The fourth-order valence-electron chi connectivity index (χ4n) is 3.71. The minimum atomic E-state index is -5.11. The molecule has 2 aromatic heterocycles. The van der Waals surface area contributed by atoms with Crippen LogP contribution in [0.3, 0.4) is 0 Å². The van der Waals surface area contributed by atoms with Crippen LogP contribution in [0.25, 0.3) is 0 Å². The van der Waals surface area contributed by atoms with E-state index < -0.39 is 53.0 Å². The van der Waals surface area contributed by atoms with E-state index in [2.05, 4.69) is 9.72 Å². The Morgan fingerprint density at radius 3 is 2.51 bits per heavy atom. The molecule has 0 bridgehead atoms. The maximum Gasteiger partial charge on any atom is 0.573 e. The van der Waals surface area contributed by atoms with Crippen molar-refractivity contribution in [3.8, 4) is 5.75 Å². The lowest BCUT2D eigenvalue weighted by Crippen LogP contribution is -2.27. The van der Waals surface area contributed by atoms with Crippen molar-refractivity contribution in [2.75, 3.05) is 0 Å². The van der Waals surface area contributed by atoms with E-state index in [4.69, 9.17) is 0 Å². The maximum atomic E-state index is 14.6. The molecule has 1 N–H and O–H groups in total. The van der Waals surface area contributed by atoms with Crippen LogP contribution in [0.4, 0.5) is 22.0 Å². The molecule has 3 aromatic rings. The molecule has 1 atom stereocenters. The summed E-state index contributed by atoms with van der Waals surface area (Å²) in [6.45, 7) is 0.0110. The minimum absolute atomic E-state index is 0.00332. The highest BCUT2D eigenvalue weighted by atomic mass is 19.4. The topological polar surface area (TPSA) is 81.4 Å². The number of nitrogens with zero attached hydrogens (tertiary/aromatic N) is 2. The standard InChI is InChI=1S/C24H19F5N2O4/c25-17-2-1-9-30-22(17)16(14-3-5-20(18(26)10-14)35-24(27,28)29)11-19(32)15-4-6-21(33)31(12-15)13-23(34)7-8-23/h1-6,9-10,12,16,34H,7-8,11,13H2/t16-/m0/s1. The molecule has 0 spiro atoms. The van der Waals surface area contributed by atoms with E-state index >= 15 is 0 Å². The second-order valence-electron chi connectivity index (χ2n) is 8.40. The Balaban J connectivity index is 1.67. The lowest BCUT2D eigenvalue weighted by atomic mass is 9.88. The fourth-order valence-corrected chi connectivity index (χ4v) is 3.71. The molecular formula is C24H19F5N2O4. The number of pyridine rings is 2. The average molecular weight is 494 g/mol. The number of halogens is 5. The maximum absolute atomic E-state index is 14.6. The fraction of sp³-hybridized carbons (Fsp3) is 0.292. The molecule has 0 aliphatic heterocycles.